The molecule has 1 saturated heterocycles. The average molecular weight is 424 g/mol. The Morgan fingerprint density at radius 1 is 1.10 bits per heavy atom. The van der Waals surface area contributed by atoms with Gasteiger partial charge < -0.3 is 19.3 Å². The van der Waals surface area contributed by atoms with Crippen molar-refractivity contribution in [3.63, 3.8) is 0 Å². The molecule has 6 nitrogen and oxygen atoms in total. The van der Waals surface area contributed by atoms with E-state index < -0.39 is 6.10 Å². The Kier molecular flexibility index (Phi) is 5.19. The number of para-hydroxylation sites is 2. The van der Waals surface area contributed by atoms with E-state index in [-0.39, 0.29) is 5.91 Å². The molecule has 1 aromatic heterocycles. The number of amides is 1. The molecular formula is C23H22ClN3O3. The van der Waals surface area contributed by atoms with Gasteiger partial charge in [0.15, 0.2) is 6.10 Å². The molecule has 5 rings (SSSR count). The highest BCUT2D eigenvalue weighted by Gasteiger charge is 2.34. The summed E-state index contributed by atoms with van der Waals surface area (Å²) >= 11 is 6.37. The van der Waals surface area contributed by atoms with Gasteiger partial charge in [-0.25, -0.2) is 0 Å². The zero-order valence-corrected chi connectivity index (χ0v) is 17.2. The first kappa shape index (κ1) is 19.2. The Morgan fingerprint density at radius 3 is 2.80 bits per heavy atom. The Hall–Kier alpha value is -2.83. The summed E-state index contributed by atoms with van der Waals surface area (Å²) in [7, 11) is 0. The van der Waals surface area contributed by atoms with Gasteiger partial charge >= 0.3 is 0 Å². The van der Waals surface area contributed by atoms with Crippen molar-refractivity contribution in [2.45, 2.75) is 12.6 Å². The number of pyridine rings is 1. The third-order valence-electron chi connectivity index (χ3n) is 5.62. The highest BCUT2D eigenvalue weighted by Crippen LogP contribution is 2.35. The van der Waals surface area contributed by atoms with E-state index in [2.05, 4.69) is 9.88 Å². The van der Waals surface area contributed by atoms with Crippen LogP contribution in [0, 0.1) is 0 Å². The molecule has 1 unspecified atom stereocenters. The van der Waals surface area contributed by atoms with Crippen LogP contribution in [0.15, 0.2) is 54.7 Å². The fourth-order valence-corrected chi connectivity index (χ4v) is 4.32. The van der Waals surface area contributed by atoms with Crippen LogP contribution in [0.2, 0.25) is 5.02 Å². The monoisotopic (exact) mass is 423 g/mol. The quantitative estimate of drug-likeness (QED) is 0.645. The van der Waals surface area contributed by atoms with Gasteiger partial charge in [-0.3, -0.25) is 9.78 Å². The molecule has 0 saturated carbocycles. The summed E-state index contributed by atoms with van der Waals surface area (Å²) in [5.41, 5.74) is 2.91. The molecule has 0 radical (unpaired) electrons. The number of carbonyl (C=O) groups is 1. The molecule has 0 N–H and O–H groups in total. The van der Waals surface area contributed by atoms with E-state index in [9.17, 15) is 4.79 Å². The normalized spacial score (nSPS) is 18.8. The van der Waals surface area contributed by atoms with E-state index in [1.165, 1.54) is 0 Å². The van der Waals surface area contributed by atoms with Gasteiger partial charge in [0.2, 0.25) is 0 Å². The number of aromatic nitrogens is 1. The molecule has 1 amide bonds. The highest BCUT2D eigenvalue weighted by atomic mass is 35.5. The minimum absolute atomic E-state index is 0.0110. The van der Waals surface area contributed by atoms with E-state index in [1.54, 1.807) is 6.20 Å². The smallest absolute Gasteiger partial charge is 0.265 e. The Balaban J connectivity index is 1.47. The molecule has 3 heterocycles. The van der Waals surface area contributed by atoms with Crippen LogP contribution < -0.4 is 9.64 Å². The van der Waals surface area contributed by atoms with Crippen LogP contribution >= 0.6 is 11.6 Å². The number of hydrogen-bond donors (Lipinski definition) is 0. The number of hydrogen-bond acceptors (Lipinski definition) is 5. The number of fused-ring (bicyclic) bond motifs is 2. The first-order valence-electron chi connectivity index (χ1n) is 10.1. The van der Waals surface area contributed by atoms with Crippen LogP contribution in [0.4, 0.5) is 5.69 Å². The number of nitrogens with zero attached hydrogens (tertiary/aromatic N) is 3. The number of carbonyl (C=O) groups excluding carboxylic acids is 1. The number of morpholine rings is 1. The number of rotatable bonds is 3. The first-order chi connectivity index (χ1) is 14.7. The second-order valence-corrected chi connectivity index (χ2v) is 7.91. The minimum atomic E-state index is -0.551. The van der Waals surface area contributed by atoms with E-state index in [0.29, 0.717) is 44.4 Å². The van der Waals surface area contributed by atoms with Crippen LogP contribution in [0.25, 0.3) is 10.9 Å². The molecule has 154 valence electrons. The van der Waals surface area contributed by atoms with Crippen molar-refractivity contribution in [3.05, 3.63) is 65.3 Å². The predicted molar refractivity (Wildman–Crippen MR) is 116 cm³/mol. The van der Waals surface area contributed by atoms with Gasteiger partial charge in [-0.05, 0) is 35.9 Å². The predicted octanol–water partition coefficient (Wildman–Crippen LogP) is 3.51. The number of anilines is 1. The lowest BCUT2D eigenvalue weighted by Gasteiger charge is -2.38. The summed E-state index contributed by atoms with van der Waals surface area (Å²) in [4.78, 5) is 21.7. The molecule has 0 aliphatic carbocycles. The molecule has 1 atom stereocenters. The van der Waals surface area contributed by atoms with Gasteiger partial charge in [0.25, 0.3) is 5.91 Å². The van der Waals surface area contributed by atoms with E-state index in [4.69, 9.17) is 21.1 Å². The molecule has 0 spiro atoms. The average Bonchev–Trinajstić information content (AvgIpc) is 2.81. The zero-order chi connectivity index (χ0) is 20.5. The fraction of sp³-hybridized carbons (Fsp3) is 0.304. The molecular weight excluding hydrogens is 402 g/mol. The van der Waals surface area contributed by atoms with Crippen LogP contribution in [-0.4, -0.2) is 54.7 Å². The van der Waals surface area contributed by atoms with Crippen molar-refractivity contribution < 1.29 is 14.3 Å². The lowest BCUT2D eigenvalue weighted by atomic mass is 10.1. The highest BCUT2D eigenvalue weighted by molar-refractivity contribution is 6.35. The van der Waals surface area contributed by atoms with Gasteiger partial charge in [0.05, 0.1) is 31.0 Å². The molecule has 1 fully saturated rings. The van der Waals surface area contributed by atoms with Crippen LogP contribution in [0.5, 0.6) is 5.75 Å². The summed E-state index contributed by atoms with van der Waals surface area (Å²) in [6, 6.07) is 15.6. The topological polar surface area (TPSA) is 54.9 Å². The van der Waals surface area contributed by atoms with E-state index >= 15 is 0 Å². The SMILES string of the molecule is O=C(C1CN(Cc2ccc(Cl)c3cccnc23)c2ccccc2O1)N1CCOCC1. The zero-order valence-electron chi connectivity index (χ0n) is 16.5. The summed E-state index contributed by atoms with van der Waals surface area (Å²) < 4.78 is 11.5. The standard InChI is InChI=1S/C23H22ClN3O3/c24-18-8-7-16(22-17(18)4-3-9-25-22)14-27-15-21(23(28)26-10-12-29-13-11-26)30-20-6-2-1-5-19(20)27/h1-9,21H,10-15H2. The van der Waals surface area contributed by atoms with Crippen molar-refractivity contribution in [3.8, 4) is 5.75 Å². The molecule has 2 aromatic carbocycles. The number of halogens is 1. The summed E-state index contributed by atoms with van der Waals surface area (Å²) in [5, 5.41) is 1.61. The molecule has 30 heavy (non-hydrogen) atoms. The lowest BCUT2D eigenvalue weighted by Crippen LogP contribution is -2.52. The van der Waals surface area contributed by atoms with Gasteiger partial charge in [0, 0.05) is 36.2 Å². The van der Waals surface area contributed by atoms with Crippen LogP contribution in [-0.2, 0) is 16.1 Å². The second-order valence-electron chi connectivity index (χ2n) is 7.50. The Labute approximate surface area is 180 Å². The molecule has 7 heteroatoms. The third kappa shape index (κ3) is 3.57. The number of ether oxygens (including phenoxy) is 2. The van der Waals surface area contributed by atoms with Crippen molar-refractivity contribution >= 4 is 34.1 Å². The first-order valence-corrected chi connectivity index (χ1v) is 10.5. The molecule has 3 aromatic rings. The maximum atomic E-state index is 13.1. The van der Waals surface area contributed by atoms with E-state index in [0.717, 1.165) is 27.9 Å². The summed E-state index contributed by atoms with van der Waals surface area (Å²) in [6.45, 7) is 3.43. The van der Waals surface area contributed by atoms with Gasteiger partial charge in [-0.2, -0.15) is 0 Å². The van der Waals surface area contributed by atoms with Crippen molar-refractivity contribution in [2.24, 2.45) is 0 Å². The maximum absolute atomic E-state index is 13.1. The molecule has 0 bridgehead atoms. The Bertz CT molecular complexity index is 1080. The Morgan fingerprint density at radius 2 is 1.93 bits per heavy atom. The molecule has 2 aliphatic rings. The summed E-state index contributed by atoms with van der Waals surface area (Å²) in [5.74, 6) is 0.735. The maximum Gasteiger partial charge on any atom is 0.265 e. The number of benzene rings is 2. The second kappa shape index (κ2) is 8.13. The fourth-order valence-electron chi connectivity index (χ4n) is 4.10. The third-order valence-corrected chi connectivity index (χ3v) is 5.95. The van der Waals surface area contributed by atoms with Gasteiger partial charge in [-0.15, -0.1) is 0 Å². The van der Waals surface area contributed by atoms with Crippen molar-refractivity contribution in [1.82, 2.24) is 9.88 Å². The largest absolute Gasteiger partial charge is 0.477 e. The van der Waals surface area contributed by atoms with Crippen molar-refractivity contribution in [1.29, 1.82) is 0 Å². The van der Waals surface area contributed by atoms with E-state index in [1.807, 2.05) is 53.4 Å². The van der Waals surface area contributed by atoms with Gasteiger partial charge in [0.1, 0.15) is 5.75 Å². The lowest BCUT2D eigenvalue weighted by molar-refractivity contribution is -0.142. The van der Waals surface area contributed by atoms with Crippen LogP contribution in [0.1, 0.15) is 5.56 Å². The minimum Gasteiger partial charge on any atom is -0.477 e. The van der Waals surface area contributed by atoms with Crippen molar-refractivity contribution in [2.75, 3.05) is 37.7 Å². The van der Waals surface area contributed by atoms with Crippen LogP contribution in [0.3, 0.4) is 0 Å². The van der Waals surface area contributed by atoms with Gasteiger partial charge in [-0.1, -0.05) is 29.8 Å². The summed E-state index contributed by atoms with van der Waals surface area (Å²) in [6.07, 6.45) is 1.23. The molecule has 2 aliphatic heterocycles.